The second-order valence-corrected chi connectivity index (χ2v) is 12.0. The Hall–Kier alpha value is -4.78. The quantitative estimate of drug-likeness (QED) is 0.165. The van der Waals surface area contributed by atoms with Gasteiger partial charge in [-0.2, -0.15) is 4.99 Å². The highest BCUT2D eigenvalue weighted by molar-refractivity contribution is 7.07. The predicted molar refractivity (Wildman–Crippen MR) is 168 cm³/mol. The van der Waals surface area contributed by atoms with Gasteiger partial charge in [0, 0.05) is 23.2 Å². The fourth-order valence-electron chi connectivity index (χ4n) is 4.93. The van der Waals surface area contributed by atoms with Gasteiger partial charge < -0.3 is 10.1 Å². The number of hydrogen-bond acceptors (Lipinski definition) is 5. The molecule has 0 saturated heterocycles. The van der Waals surface area contributed by atoms with Gasteiger partial charge in [0.1, 0.15) is 17.9 Å². The first-order chi connectivity index (χ1) is 21.9. The normalized spacial score (nSPS) is 12.8. The third kappa shape index (κ3) is 8.08. The number of urea groups is 1. The number of ether oxygens (including phenoxy) is 1. The van der Waals surface area contributed by atoms with Crippen molar-refractivity contribution in [2.75, 3.05) is 6.54 Å². The van der Waals surface area contributed by atoms with E-state index in [1.165, 1.54) is 58.7 Å². The molecule has 0 spiro atoms. The van der Waals surface area contributed by atoms with Crippen molar-refractivity contribution in [2.45, 2.75) is 46.4 Å². The van der Waals surface area contributed by atoms with E-state index >= 15 is 0 Å². The number of aromatic nitrogens is 4. The fourth-order valence-corrected chi connectivity index (χ4v) is 5.79. The molecule has 240 valence electrons. The minimum Gasteiger partial charge on any atom is -0.406 e. The SMILES string of the molecule is Cc1cs/c(=N\C(=O)NCC(C)Cc2ccc(-c3ncn(-c4ccc(OC(F)(F)F)cc4)n3)cc2)n1-c1ccc(F)cc1C(C)C. The Bertz CT molecular complexity index is 1880. The van der Waals surface area contributed by atoms with Gasteiger partial charge in [0.15, 0.2) is 10.6 Å². The van der Waals surface area contributed by atoms with E-state index in [9.17, 15) is 22.4 Å². The van der Waals surface area contributed by atoms with Crippen LogP contribution in [-0.4, -0.2) is 38.3 Å². The second kappa shape index (κ2) is 13.7. The zero-order valence-corrected chi connectivity index (χ0v) is 26.4. The van der Waals surface area contributed by atoms with Crippen LogP contribution in [0.15, 0.2) is 83.4 Å². The number of halogens is 4. The van der Waals surface area contributed by atoms with Crippen LogP contribution in [0.4, 0.5) is 22.4 Å². The number of hydrogen-bond donors (Lipinski definition) is 1. The van der Waals surface area contributed by atoms with E-state index in [-0.39, 0.29) is 23.4 Å². The van der Waals surface area contributed by atoms with Crippen molar-refractivity contribution in [3.8, 4) is 28.5 Å². The highest BCUT2D eigenvalue weighted by Crippen LogP contribution is 2.26. The van der Waals surface area contributed by atoms with Gasteiger partial charge in [-0.25, -0.2) is 18.9 Å². The highest BCUT2D eigenvalue weighted by atomic mass is 32.1. The van der Waals surface area contributed by atoms with Gasteiger partial charge in [-0.15, -0.1) is 29.6 Å². The largest absolute Gasteiger partial charge is 0.573 e. The molecule has 2 aromatic heterocycles. The molecule has 5 rings (SSSR count). The molecule has 3 aromatic carbocycles. The summed E-state index contributed by atoms with van der Waals surface area (Å²) in [6, 6.07) is 17.3. The van der Waals surface area contributed by atoms with Crippen LogP contribution in [0, 0.1) is 18.7 Å². The Kier molecular flexibility index (Phi) is 9.71. The number of amides is 2. The summed E-state index contributed by atoms with van der Waals surface area (Å²) in [5.74, 6) is 0.0423. The summed E-state index contributed by atoms with van der Waals surface area (Å²) < 4.78 is 58.5. The third-order valence-corrected chi connectivity index (χ3v) is 8.10. The summed E-state index contributed by atoms with van der Waals surface area (Å²) in [6.07, 6.45) is -2.56. The maximum atomic E-state index is 14.0. The van der Waals surface area contributed by atoms with Crippen LogP contribution in [-0.2, 0) is 6.42 Å². The van der Waals surface area contributed by atoms with E-state index < -0.39 is 12.4 Å². The van der Waals surface area contributed by atoms with Crippen LogP contribution < -0.4 is 14.9 Å². The number of benzene rings is 3. The average Bonchev–Trinajstić information content (AvgIpc) is 3.63. The van der Waals surface area contributed by atoms with Gasteiger partial charge in [-0.3, -0.25) is 4.57 Å². The van der Waals surface area contributed by atoms with Crippen molar-refractivity contribution in [3.05, 3.63) is 106 Å². The molecule has 2 heterocycles. The number of nitrogens with one attached hydrogen (secondary N) is 1. The summed E-state index contributed by atoms with van der Waals surface area (Å²) in [6.45, 7) is 8.37. The predicted octanol–water partition coefficient (Wildman–Crippen LogP) is 7.75. The lowest BCUT2D eigenvalue weighted by Gasteiger charge is -2.15. The Labute approximate surface area is 267 Å². The Morgan fingerprint density at radius 3 is 2.43 bits per heavy atom. The van der Waals surface area contributed by atoms with Gasteiger partial charge in [0.2, 0.25) is 0 Å². The standard InChI is InChI=1S/C33H32F4N6O2S/c1-20(2)28-16-25(34)9-14-29(28)43-22(4)18-46-32(43)40-31(44)38-17-21(3)15-23-5-7-24(8-6-23)30-39-19-42(41-30)26-10-12-27(13-11-26)45-33(35,36)37/h5-14,16,18-21H,15,17H2,1-4H3,(H,38,44)/b40-32-. The lowest BCUT2D eigenvalue weighted by Crippen LogP contribution is -2.29. The molecule has 2 amide bonds. The topological polar surface area (TPSA) is 86.3 Å². The number of carbonyl (C=O) groups excluding carboxylic acids is 1. The van der Waals surface area contributed by atoms with E-state index in [1.807, 2.05) is 61.9 Å². The maximum absolute atomic E-state index is 14.0. The van der Waals surface area contributed by atoms with Gasteiger partial charge in [0.25, 0.3) is 0 Å². The molecule has 0 aliphatic carbocycles. The van der Waals surface area contributed by atoms with Crippen molar-refractivity contribution < 1.29 is 27.1 Å². The number of alkyl halides is 3. The van der Waals surface area contributed by atoms with Gasteiger partial charge >= 0.3 is 12.4 Å². The molecule has 0 aliphatic heterocycles. The lowest BCUT2D eigenvalue weighted by atomic mass is 10.00. The smallest absolute Gasteiger partial charge is 0.406 e. The zero-order valence-electron chi connectivity index (χ0n) is 25.5. The Morgan fingerprint density at radius 1 is 1.04 bits per heavy atom. The summed E-state index contributed by atoms with van der Waals surface area (Å²) in [7, 11) is 0. The monoisotopic (exact) mass is 652 g/mol. The highest BCUT2D eigenvalue weighted by Gasteiger charge is 2.31. The van der Waals surface area contributed by atoms with Crippen LogP contribution in [0.5, 0.6) is 5.75 Å². The van der Waals surface area contributed by atoms with Crippen molar-refractivity contribution in [1.29, 1.82) is 0 Å². The Morgan fingerprint density at radius 2 is 1.76 bits per heavy atom. The first-order valence-corrected chi connectivity index (χ1v) is 15.4. The molecule has 13 heteroatoms. The van der Waals surface area contributed by atoms with E-state index in [2.05, 4.69) is 25.1 Å². The van der Waals surface area contributed by atoms with Crippen molar-refractivity contribution in [3.63, 3.8) is 0 Å². The van der Waals surface area contributed by atoms with Crippen LogP contribution in [0.3, 0.4) is 0 Å². The van der Waals surface area contributed by atoms with Crippen molar-refractivity contribution >= 4 is 17.4 Å². The molecule has 1 atom stereocenters. The van der Waals surface area contributed by atoms with Gasteiger partial charge in [-0.1, -0.05) is 45.0 Å². The van der Waals surface area contributed by atoms with E-state index in [1.54, 1.807) is 6.07 Å². The summed E-state index contributed by atoms with van der Waals surface area (Å²) in [4.78, 5) is 22.0. The van der Waals surface area contributed by atoms with E-state index in [0.717, 1.165) is 28.1 Å². The first-order valence-electron chi connectivity index (χ1n) is 14.5. The summed E-state index contributed by atoms with van der Waals surface area (Å²) in [5.41, 5.74) is 4.91. The average molecular weight is 653 g/mol. The van der Waals surface area contributed by atoms with Crippen LogP contribution in [0.1, 0.15) is 43.5 Å². The molecule has 1 unspecified atom stereocenters. The lowest BCUT2D eigenvalue weighted by molar-refractivity contribution is -0.274. The van der Waals surface area contributed by atoms with E-state index in [4.69, 9.17) is 0 Å². The molecule has 46 heavy (non-hydrogen) atoms. The van der Waals surface area contributed by atoms with Crippen LogP contribution in [0.2, 0.25) is 0 Å². The van der Waals surface area contributed by atoms with E-state index in [0.29, 0.717) is 29.3 Å². The summed E-state index contributed by atoms with van der Waals surface area (Å²) in [5, 5.41) is 9.25. The molecule has 0 saturated carbocycles. The minimum absolute atomic E-state index is 0.0823. The second-order valence-electron chi connectivity index (χ2n) is 11.2. The molecule has 0 radical (unpaired) electrons. The molecule has 0 fully saturated rings. The van der Waals surface area contributed by atoms with Crippen LogP contribution in [0.25, 0.3) is 22.8 Å². The minimum atomic E-state index is -4.76. The molecule has 1 N–H and O–H groups in total. The number of aryl methyl sites for hydroxylation is 1. The number of carbonyl (C=O) groups is 1. The molecule has 8 nitrogen and oxygen atoms in total. The molecular weight excluding hydrogens is 620 g/mol. The number of rotatable bonds is 9. The van der Waals surface area contributed by atoms with Gasteiger partial charge in [-0.05, 0) is 78.8 Å². The number of thiazole rings is 1. The fraction of sp³-hybridized carbons (Fsp3) is 0.273. The molecule has 0 bridgehead atoms. The molecular formula is C33H32F4N6O2S. The maximum Gasteiger partial charge on any atom is 0.573 e. The Balaban J connectivity index is 1.18. The van der Waals surface area contributed by atoms with Crippen LogP contribution >= 0.6 is 11.3 Å². The molecule has 5 aromatic rings. The zero-order chi connectivity index (χ0) is 33.0. The van der Waals surface area contributed by atoms with Crippen molar-refractivity contribution in [2.24, 2.45) is 10.9 Å². The third-order valence-electron chi connectivity index (χ3n) is 7.15. The van der Waals surface area contributed by atoms with Crippen molar-refractivity contribution in [1.82, 2.24) is 24.6 Å². The number of nitrogens with zero attached hydrogens (tertiary/aromatic N) is 5. The first kappa shape index (κ1) is 32.6. The van der Waals surface area contributed by atoms with Gasteiger partial charge in [0.05, 0.1) is 11.4 Å². The molecule has 0 aliphatic rings. The summed E-state index contributed by atoms with van der Waals surface area (Å²) >= 11 is 1.35.